The summed E-state index contributed by atoms with van der Waals surface area (Å²) in [5.74, 6) is -1.40. The van der Waals surface area contributed by atoms with Gasteiger partial charge in [0.1, 0.15) is 5.56 Å². The Morgan fingerprint density at radius 1 is 1.41 bits per heavy atom. The van der Waals surface area contributed by atoms with Crippen LogP contribution < -0.4 is 0 Å². The monoisotopic (exact) mass is 302 g/mol. The van der Waals surface area contributed by atoms with Crippen LogP contribution in [0.4, 0.5) is 0 Å². The summed E-state index contributed by atoms with van der Waals surface area (Å²) in [6.07, 6.45) is 4.22. The van der Waals surface area contributed by atoms with Gasteiger partial charge in [0.2, 0.25) is 5.91 Å². The molecule has 114 valence electrons. The molecule has 1 aliphatic rings. The van der Waals surface area contributed by atoms with Gasteiger partial charge in [-0.3, -0.25) is 14.5 Å². The second-order valence-electron chi connectivity index (χ2n) is 4.97. The summed E-state index contributed by atoms with van der Waals surface area (Å²) in [6, 6.07) is 1.69. The molecule has 22 heavy (non-hydrogen) atoms. The molecule has 1 fully saturated rings. The Morgan fingerprint density at radius 2 is 2.23 bits per heavy atom. The van der Waals surface area contributed by atoms with Crippen LogP contribution in [-0.2, 0) is 14.3 Å². The number of esters is 1. The van der Waals surface area contributed by atoms with Crippen LogP contribution in [0.3, 0.4) is 0 Å². The molecule has 0 atom stereocenters. The maximum Gasteiger partial charge on any atom is 0.344 e. The Labute approximate surface area is 125 Å². The molecule has 0 radical (unpaired) electrons. The van der Waals surface area contributed by atoms with E-state index in [0.29, 0.717) is 30.7 Å². The number of carbonyl (C=O) groups excluding carboxylic acids is 3. The van der Waals surface area contributed by atoms with Crippen LogP contribution >= 0.6 is 0 Å². The van der Waals surface area contributed by atoms with Crippen molar-refractivity contribution in [3.8, 4) is 0 Å². The quantitative estimate of drug-likeness (QED) is 0.759. The van der Waals surface area contributed by atoms with E-state index in [4.69, 9.17) is 4.74 Å². The zero-order valence-electron chi connectivity index (χ0n) is 12.0. The largest absolute Gasteiger partial charge is 0.452 e. The molecule has 2 amide bonds. The lowest BCUT2D eigenvalue weighted by Crippen LogP contribution is -2.35. The molecule has 3 rings (SSSR count). The number of imide groups is 1. The second-order valence-corrected chi connectivity index (χ2v) is 4.97. The van der Waals surface area contributed by atoms with Gasteiger partial charge in [0.05, 0.1) is 5.69 Å². The molecular weight excluding hydrogens is 288 g/mol. The van der Waals surface area contributed by atoms with Crippen LogP contribution in [0.2, 0.25) is 0 Å². The van der Waals surface area contributed by atoms with Crippen molar-refractivity contribution in [1.82, 2.24) is 19.5 Å². The number of hydrogen-bond donors (Lipinski definition) is 0. The van der Waals surface area contributed by atoms with Gasteiger partial charge >= 0.3 is 5.97 Å². The van der Waals surface area contributed by atoms with Crippen molar-refractivity contribution in [3.05, 3.63) is 29.7 Å². The lowest BCUT2D eigenvalue weighted by molar-refractivity contribution is -0.143. The summed E-state index contributed by atoms with van der Waals surface area (Å²) in [7, 11) is 0. The number of hydrogen-bond acceptors (Lipinski definition) is 6. The number of aromatic nitrogens is 3. The molecule has 2 aromatic rings. The molecule has 0 bridgehead atoms. The Kier molecular flexibility index (Phi) is 3.58. The van der Waals surface area contributed by atoms with E-state index in [-0.39, 0.29) is 11.5 Å². The number of amides is 2. The molecule has 0 saturated carbocycles. The first-order chi connectivity index (χ1) is 10.6. The normalized spacial score (nSPS) is 14.6. The minimum atomic E-state index is -0.675. The summed E-state index contributed by atoms with van der Waals surface area (Å²) >= 11 is 0. The van der Waals surface area contributed by atoms with Crippen LogP contribution in [0.5, 0.6) is 0 Å². The van der Waals surface area contributed by atoms with Gasteiger partial charge in [0, 0.05) is 25.4 Å². The zero-order chi connectivity index (χ0) is 15.7. The molecule has 0 aromatic carbocycles. The fourth-order valence-corrected chi connectivity index (χ4v) is 2.42. The highest BCUT2D eigenvalue weighted by Crippen LogP contribution is 2.15. The Morgan fingerprint density at radius 3 is 2.95 bits per heavy atom. The predicted octanol–water partition coefficient (Wildman–Crippen LogP) is 0.344. The molecule has 2 aromatic heterocycles. The molecular formula is C14H14N4O4. The van der Waals surface area contributed by atoms with Gasteiger partial charge < -0.3 is 4.74 Å². The Balaban J connectivity index is 1.72. The lowest BCUT2D eigenvalue weighted by atomic mass is 10.2. The zero-order valence-corrected chi connectivity index (χ0v) is 12.0. The topological polar surface area (TPSA) is 93.9 Å². The van der Waals surface area contributed by atoms with Gasteiger partial charge in [0.25, 0.3) is 5.91 Å². The van der Waals surface area contributed by atoms with E-state index in [2.05, 4.69) is 10.1 Å². The van der Waals surface area contributed by atoms with Gasteiger partial charge in [0.15, 0.2) is 12.3 Å². The highest BCUT2D eigenvalue weighted by Gasteiger charge is 2.28. The number of likely N-dealkylation sites (tertiary alicyclic amines) is 1. The maximum absolute atomic E-state index is 12.2. The van der Waals surface area contributed by atoms with Crippen LogP contribution in [0, 0.1) is 6.92 Å². The van der Waals surface area contributed by atoms with E-state index >= 15 is 0 Å². The highest BCUT2D eigenvalue weighted by molar-refractivity contribution is 6.00. The van der Waals surface area contributed by atoms with Crippen molar-refractivity contribution in [2.24, 2.45) is 0 Å². The molecule has 0 N–H and O–H groups in total. The summed E-state index contributed by atoms with van der Waals surface area (Å²) in [6.45, 7) is 1.58. The van der Waals surface area contributed by atoms with E-state index in [1.165, 1.54) is 4.52 Å². The minimum absolute atomic E-state index is 0.223. The third-order valence-electron chi connectivity index (χ3n) is 3.48. The lowest BCUT2D eigenvalue weighted by Gasteiger charge is -2.13. The second kappa shape index (κ2) is 5.55. The molecule has 0 aliphatic carbocycles. The first-order valence-electron chi connectivity index (χ1n) is 6.88. The van der Waals surface area contributed by atoms with Crippen molar-refractivity contribution in [2.75, 3.05) is 13.2 Å². The van der Waals surface area contributed by atoms with Gasteiger partial charge in [-0.2, -0.15) is 5.10 Å². The van der Waals surface area contributed by atoms with Crippen LogP contribution in [0.25, 0.3) is 5.65 Å². The van der Waals surface area contributed by atoms with Gasteiger partial charge in [-0.05, 0) is 19.4 Å². The third kappa shape index (κ3) is 2.43. The third-order valence-corrected chi connectivity index (χ3v) is 3.48. The van der Waals surface area contributed by atoms with Crippen molar-refractivity contribution in [2.45, 2.75) is 19.8 Å². The highest BCUT2D eigenvalue weighted by atomic mass is 16.5. The van der Waals surface area contributed by atoms with E-state index in [9.17, 15) is 14.4 Å². The summed E-state index contributed by atoms with van der Waals surface area (Å²) in [5, 5.41) is 4.15. The Hall–Kier alpha value is -2.77. The Bertz CT molecular complexity index is 767. The van der Waals surface area contributed by atoms with E-state index in [1.54, 1.807) is 25.4 Å². The number of nitrogens with zero attached hydrogens (tertiary/aromatic N) is 4. The average Bonchev–Trinajstić information content (AvgIpc) is 3.06. The standard InChI is InChI=1S/C14H14N4O4/c1-9-12(13-15-5-3-7-18(13)16-9)14(21)22-8-11(20)17-6-2-4-10(17)19/h3,5,7H,2,4,6,8H2,1H3. The molecule has 0 spiro atoms. The van der Waals surface area contributed by atoms with Crippen molar-refractivity contribution >= 4 is 23.4 Å². The molecule has 1 saturated heterocycles. The van der Waals surface area contributed by atoms with Gasteiger partial charge in [-0.1, -0.05) is 0 Å². The van der Waals surface area contributed by atoms with Crippen LogP contribution in [-0.4, -0.2) is 50.4 Å². The molecule has 8 nitrogen and oxygen atoms in total. The van der Waals surface area contributed by atoms with Gasteiger partial charge in [-0.15, -0.1) is 0 Å². The van der Waals surface area contributed by atoms with Crippen molar-refractivity contribution in [1.29, 1.82) is 0 Å². The molecule has 3 heterocycles. The SMILES string of the molecule is Cc1nn2cccnc2c1C(=O)OCC(=O)N1CCCC1=O. The number of ether oxygens (including phenoxy) is 1. The predicted molar refractivity (Wildman–Crippen MR) is 74.0 cm³/mol. The number of carbonyl (C=O) groups is 3. The van der Waals surface area contributed by atoms with Crippen molar-refractivity contribution < 1.29 is 19.1 Å². The summed E-state index contributed by atoms with van der Waals surface area (Å²) in [5.41, 5.74) is 1.06. The molecule has 0 unspecified atom stereocenters. The fraction of sp³-hybridized carbons (Fsp3) is 0.357. The van der Waals surface area contributed by atoms with E-state index < -0.39 is 18.5 Å². The van der Waals surface area contributed by atoms with E-state index in [0.717, 1.165) is 4.90 Å². The maximum atomic E-state index is 12.2. The average molecular weight is 302 g/mol. The summed E-state index contributed by atoms with van der Waals surface area (Å²) in [4.78, 5) is 40.7. The van der Waals surface area contributed by atoms with Crippen LogP contribution in [0.1, 0.15) is 28.9 Å². The molecule has 8 heteroatoms. The van der Waals surface area contributed by atoms with Crippen molar-refractivity contribution in [3.63, 3.8) is 0 Å². The van der Waals surface area contributed by atoms with Gasteiger partial charge in [-0.25, -0.2) is 14.3 Å². The fourth-order valence-electron chi connectivity index (χ4n) is 2.42. The molecule has 1 aliphatic heterocycles. The smallest absolute Gasteiger partial charge is 0.344 e. The van der Waals surface area contributed by atoms with Crippen LogP contribution in [0.15, 0.2) is 18.5 Å². The number of rotatable bonds is 3. The minimum Gasteiger partial charge on any atom is -0.452 e. The number of aryl methyl sites for hydroxylation is 1. The summed E-state index contributed by atoms with van der Waals surface area (Å²) < 4.78 is 6.49. The number of fused-ring (bicyclic) bond motifs is 1. The first-order valence-corrected chi connectivity index (χ1v) is 6.88. The van der Waals surface area contributed by atoms with E-state index in [1.807, 2.05) is 0 Å². The first kappa shape index (κ1) is 14.2.